The van der Waals surface area contributed by atoms with Gasteiger partial charge in [-0.15, -0.1) is 33.8 Å². The van der Waals surface area contributed by atoms with Crippen molar-refractivity contribution in [3.63, 3.8) is 0 Å². The van der Waals surface area contributed by atoms with Gasteiger partial charge in [-0.05, 0) is 65.1 Å². The fraction of sp³-hybridized carbons (Fsp3) is 0.333. The summed E-state index contributed by atoms with van der Waals surface area (Å²) in [5.74, 6) is 2.36. The molecule has 0 saturated carbocycles. The van der Waals surface area contributed by atoms with Gasteiger partial charge in [0.15, 0.2) is 0 Å². The van der Waals surface area contributed by atoms with Gasteiger partial charge in [-0.2, -0.15) is 0 Å². The lowest BCUT2D eigenvalue weighted by Gasteiger charge is -2.12. The number of rotatable bonds is 2. The number of benzene rings is 1. The molecule has 1 aromatic carbocycles. The molecule has 1 saturated heterocycles. The topological polar surface area (TPSA) is 24.7 Å². The van der Waals surface area contributed by atoms with Gasteiger partial charge in [0, 0.05) is 5.02 Å². The molecule has 1 aromatic rings. The predicted molar refractivity (Wildman–Crippen MR) is 91.3 cm³/mol. The molecule has 18 heavy (non-hydrogen) atoms. The summed E-state index contributed by atoms with van der Waals surface area (Å²) >= 11 is 12.0. The molecule has 1 heterocycles. The first-order chi connectivity index (χ1) is 8.68. The van der Waals surface area contributed by atoms with Crippen LogP contribution in [-0.4, -0.2) is 11.5 Å². The van der Waals surface area contributed by atoms with E-state index in [1.54, 1.807) is 0 Å². The molecule has 0 radical (unpaired) electrons. The lowest BCUT2D eigenvalue weighted by atomic mass is 10.2. The summed E-state index contributed by atoms with van der Waals surface area (Å²) in [6, 6.07) is 5.69. The first-order valence-corrected chi connectivity index (χ1v) is 8.93. The number of halogens is 2. The molecule has 96 valence electrons. The van der Waals surface area contributed by atoms with E-state index in [4.69, 9.17) is 11.6 Å². The van der Waals surface area contributed by atoms with Crippen LogP contribution in [0.5, 0.6) is 0 Å². The normalized spacial score (nSPS) is 16.3. The van der Waals surface area contributed by atoms with Crippen molar-refractivity contribution in [2.24, 2.45) is 10.2 Å². The van der Waals surface area contributed by atoms with E-state index < -0.39 is 0 Å². The fourth-order valence-electron chi connectivity index (χ4n) is 1.39. The van der Waals surface area contributed by atoms with Gasteiger partial charge < -0.3 is 0 Å². The number of hydrogen-bond donors (Lipinski definition) is 0. The van der Waals surface area contributed by atoms with Crippen molar-refractivity contribution in [1.82, 2.24) is 0 Å². The van der Waals surface area contributed by atoms with E-state index in [1.165, 1.54) is 22.2 Å². The first kappa shape index (κ1) is 14.7. The van der Waals surface area contributed by atoms with Gasteiger partial charge >= 0.3 is 0 Å². The Hall–Kier alpha value is 0.280. The van der Waals surface area contributed by atoms with Crippen LogP contribution >= 0.6 is 57.7 Å². The summed E-state index contributed by atoms with van der Waals surface area (Å²) in [5.41, 5.74) is 1.81. The minimum absolute atomic E-state index is 0.732. The number of hydrogen-bond acceptors (Lipinski definition) is 4. The maximum atomic E-state index is 6.05. The zero-order chi connectivity index (χ0) is 13.0. The highest BCUT2D eigenvalue weighted by atomic mass is 127. The van der Waals surface area contributed by atoms with E-state index >= 15 is 0 Å². The second-order valence-corrected chi connectivity index (χ2v) is 7.61. The molecule has 2 nitrogen and oxygen atoms in total. The van der Waals surface area contributed by atoms with Crippen molar-refractivity contribution in [2.45, 2.75) is 13.3 Å². The van der Waals surface area contributed by atoms with Crippen molar-refractivity contribution < 1.29 is 0 Å². The van der Waals surface area contributed by atoms with Crippen LogP contribution < -0.4 is 0 Å². The second-order valence-electron chi connectivity index (χ2n) is 3.71. The zero-order valence-corrected chi connectivity index (χ0v) is 14.4. The maximum Gasteiger partial charge on any atom is 0.143 e. The Morgan fingerprint density at radius 1 is 1.33 bits per heavy atom. The van der Waals surface area contributed by atoms with Crippen molar-refractivity contribution in [3.05, 3.63) is 36.7 Å². The average Bonchev–Trinajstić information content (AvgIpc) is 2.41. The Labute approximate surface area is 134 Å². The maximum absolute atomic E-state index is 6.05. The molecule has 0 spiro atoms. The van der Waals surface area contributed by atoms with Gasteiger partial charge in [-0.3, -0.25) is 0 Å². The minimum atomic E-state index is 0.732. The molecule has 0 unspecified atom stereocenters. The van der Waals surface area contributed by atoms with Crippen molar-refractivity contribution in [2.75, 3.05) is 11.5 Å². The summed E-state index contributed by atoms with van der Waals surface area (Å²) in [7, 11) is 0. The van der Waals surface area contributed by atoms with E-state index in [9.17, 15) is 0 Å². The minimum Gasteiger partial charge on any atom is -0.150 e. The van der Waals surface area contributed by atoms with Gasteiger partial charge in [0.1, 0.15) is 3.70 Å². The third kappa shape index (κ3) is 3.88. The third-order valence-corrected chi connectivity index (χ3v) is 6.91. The van der Waals surface area contributed by atoms with E-state index in [1.807, 2.05) is 48.6 Å². The van der Waals surface area contributed by atoms with Crippen LogP contribution in [0.4, 0.5) is 5.69 Å². The quantitative estimate of drug-likeness (QED) is 0.331. The Bertz CT molecular complexity index is 495. The molecule has 0 amide bonds. The van der Waals surface area contributed by atoms with Crippen LogP contribution in [0.3, 0.4) is 0 Å². The summed E-state index contributed by atoms with van der Waals surface area (Å²) in [6.07, 6.45) is 1.27. The first-order valence-electron chi connectivity index (χ1n) is 5.50. The Morgan fingerprint density at radius 3 is 2.78 bits per heavy atom. The largest absolute Gasteiger partial charge is 0.150 e. The van der Waals surface area contributed by atoms with E-state index in [0.29, 0.717) is 0 Å². The fourth-order valence-corrected chi connectivity index (χ4v) is 4.89. The molecule has 1 aliphatic rings. The van der Waals surface area contributed by atoms with Crippen molar-refractivity contribution >= 4 is 63.4 Å². The zero-order valence-electron chi connectivity index (χ0n) is 9.82. The predicted octanol–water partition coefficient (Wildman–Crippen LogP) is 6.16. The number of nitrogens with zero attached hydrogens (tertiary/aromatic N) is 2. The van der Waals surface area contributed by atoms with Crippen LogP contribution in [0.1, 0.15) is 12.0 Å². The SMILES string of the molecule is Cc1c(Cl)cccc1N=NC(I)=C1SCCCS1. The molecule has 1 fully saturated rings. The molecule has 0 atom stereocenters. The van der Waals surface area contributed by atoms with Crippen LogP contribution in [-0.2, 0) is 0 Å². The number of thioether (sulfide) groups is 2. The van der Waals surface area contributed by atoms with Crippen molar-refractivity contribution in [1.29, 1.82) is 0 Å². The van der Waals surface area contributed by atoms with Crippen molar-refractivity contribution in [3.8, 4) is 0 Å². The highest BCUT2D eigenvalue weighted by Gasteiger charge is 2.10. The molecule has 1 aliphatic heterocycles. The molecular weight excluding hydrogens is 399 g/mol. The molecule has 0 aromatic heterocycles. The smallest absolute Gasteiger partial charge is 0.143 e. The molecular formula is C12H12ClIN2S2. The molecule has 6 heteroatoms. The van der Waals surface area contributed by atoms with E-state index in [-0.39, 0.29) is 0 Å². The average molecular weight is 411 g/mol. The summed E-state index contributed by atoms with van der Waals surface area (Å²) in [5, 5.41) is 9.33. The van der Waals surface area contributed by atoms with Crippen LogP contribution in [0, 0.1) is 6.92 Å². The molecule has 2 rings (SSSR count). The standard InChI is InChI=1S/C12H12ClIN2S2/c1-8-9(13)4-2-5-10(8)15-16-11(14)12-17-6-3-7-18-12/h2,4-5H,3,6-7H2,1H3. The molecule has 0 aliphatic carbocycles. The summed E-state index contributed by atoms with van der Waals surface area (Å²) in [6.45, 7) is 1.96. The lowest BCUT2D eigenvalue weighted by Crippen LogP contribution is -1.92. The van der Waals surface area contributed by atoms with Crippen LogP contribution in [0.15, 0.2) is 36.4 Å². The van der Waals surface area contributed by atoms with Gasteiger partial charge in [0.05, 0.1) is 9.92 Å². The summed E-state index contributed by atoms with van der Waals surface area (Å²) < 4.78 is 2.26. The van der Waals surface area contributed by atoms with E-state index in [0.717, 1.165) is 20.0 Å². The van der Waals surface area contributed by atoms with Gasteiger partial charge in [0.25, 0.3) is 0 Å². The highest BCUT2D eigenvalue weighted by molar-refractivity contribution is 14.1. The molecule has 0 bridgehead atoms. The highest BCUT2D eigenvalue weighted by Crippen LogP contribution is 2.40. The second kappa shape index (κ2) is 7.17. The van der Waals surface area contributed by atoms with Gasteiger partial charge in [-0.25, -0.2) is 0 Å². The number of azo groups is 1. The van der Waals surface area contributed by atoms with Crippen LogP contribution in [0.2, 0.25) is 5.02 Å². The summed E-state index contributed by atoms with van der Waals surface area (Å²) in [4.78, 5) is 0. The lowest BCUT2D eigenvalue weighted by molar-refractivity contribution is 1.12. The Morgan fingerprint density at radius 2 is 2.06 bits per heavy atom. The van der Waals surface area contributed by atoms with Crippen LogP contribution in [0.25, 0.3) is 0 Å². The van der Waals surface area contributed by atoms with E-state index in [2.05, 4.69) is 32.8 Å². The Balaban J connectivity index is 2.17. The Kier molecular flexibility index (Phi) is 5.85. The monoisotopic (exact) mass is 410 g/mol. The third-order valence-electron chi connectivity index (χ3n) is 2.41. The van der Waals surface area contributed by atoms with Gasteiger partial charge in [0.2, 0.25) is 0 Å². The molecule has 0 N–H and O–H groups in total. The van der Waals surface area contributed by atoms with Gasteiger partial charge in [-0.1, -0.05) is 17.7 Å².